The highest BCUT2D eigenvalue weighted by atomic mass is 35.5. The molecule has 2 aromatic heterocycles. The molecule has 128 valence electrons. The van der Waals surface area contributed by atoms with E-state index in [-0.39, 0.29) is 5.92 Å². The Morgan fingerprint density at radius 2 is 2.12 bits per heavy atom. The minimum absolute atomic E-state index is 0.385. The van der Waals surface area contributed by atoms with Gasteiger partial charge in [0, 0.05) is 11.4 Å². The minimum Gasteiger partial charge on any atom is -0.481 e. The van der Waals surface area contributed by atoms with Crippen molar-refractivity contribution in [3.8, 4) is 0 Å². The van der Waals surface area contributed by atoms with Crippen molar-refractivity contribution < 1.29 is 9.90 Å². The van der Waals surface area contributed by atoms with Crippen LogP contribution in [0.4, 0.5) is 11.5 Å². The summed E-state index contributed by atoms with van der Waals surface area (Å²) in [5, 5.41) is 14.3. The summed E-state index contributed by atoms with van der Waals surface area (Å²) in [6, 6.07) is 5.23. The van der Waals surface area contributed by atoms with Gasteiger partial charge in [0.05, 0.1) is 21.3 Å². The number of hydrogen-bond acceptors (Lipinski definition) is 4. The van der Waals surface area contributed by atoms with E-state index in [1.54, 1.807) is 18.2 Å². The molecule has 0 radical (unpaired) electrons. The van der Waals surface area contributed by atoms with Gasteiger partial charge in [-0.15, -0.1) is 0 Å². The molecule has 2 heterocycles. The van der Waals surface area contributed by atoms with Crippen LogP contribution in [0.3, 0.4) is 0 Å². The molecule has 0 spiro atoms. The van der Waals surface area contributed by atoms with Gasteiger partial charge in [0.25, 0.3) is 0 Å². The first kappa shape index (κ1) is 16.2. The average molecular weight is 377 g/mol. The molecule has 3 aromatic rings. The molecule has 1 unspecified atom stereocenters. The molecule has 0 saturated heterocycles. The predicted octanol–water partition coefficient (Wildman–Crippen LogP) is 4.20. The third-order valence-corrected chi connectivity index (χ3v) is 5.25. The SMILES string of the molecule is O=C(O)C1CCc2[nH]c3ncnc(Nc4ccc(Cl)c(Cl)c4)c3c2C1. The lowest BCUT2D eigenvalue weighted by molar-refractivity contribution is -0.142. The number of H-pyrrole nitrogens is 1. The van der Waals surface area contributed by atoms with Crippen molar-refractivity contribution in [3.63, 3.8) is 0 Å². The van der Waals surface area contributed by atoms with E-state index in [4.69, 9.17) is 23.2 Å². The van der Waals surface area contributed by atoms with Crippen molar-refractivity contribution >= 4 is 51.7 Å². The topological polar surface area (TPSA) is 90.9 Å². The van der Waals surface area contributed by atoms with E-state index >= 15 is 0 Å². The maximum atomic E-state index is 11.4. The van der Waals surface area contributed by atoms with Gasteiger partial charge in [-0.25, -0.2) is 9.97 Å². The van der Waals surface area contributed by atoms with E-state index in [0.717, 1.165) is 22.3 Å². The van der Waals surface area contributed by atoms with Crippen LogP contribution in [-0.4, -0.2) is 26.0 Å². The molecule has 6 nitrogen and oxygen atoms in total. The number of anilines is 2. The second-order valence-corrected chi connectivity index (χ2v) is 6.87. The molecule has 0 amide bonds. The monoisotopic (exact) mass is 376 g/mol. The summed E-state index contributed by atoms with van der Waals surface area (Å²) in [6.45, 7) is 0. The summed E-state index contributed by atoms with van der Waals surface area (Å²) in [5.74, 6) is -0.535. The van der Waals surface area contributed by atoms with Crippen molar-refractivity contribution in [1.82, 2.24) is 15.0 Å². The van der Waals surface area contributed by atoms with Gasteiger partial charge in [-0.2, -0.15) is 0 Å². The molecule has 0 aliphatic heterocycles. The number of aryl methyl sites for hydroxylation is 1. The Bertz CT molecular complexity index is 986. The van der Waals surface area contributed by atoms with Crippen LogP contribution in [0.15, 0.2) is 24.5 Å². The molecule has 0 fully saturated rings. The summed E-state index contributed by atoms with van der Waals surface area (Å²) in [7, 11) is 0. The molecule has 0 bridgehead atoms. The van der Waals surface area contributed by atoms with Gasteiger partial charge in [-0.05, 0) is 43.0 Å². The lowest BCUT2D eigenvalue weighted by Gasteiger charge is -2.19. The number of nitrogens with one attached hydrogen (secondary N) is 2. The number of carboxylic acids is 1. The highest BCUT2D eigenvalue weighted by molar-refractivity contribution is 6.42. The van der Waals surface area contributed by atoms with E-state index in [0.29, 0.717) is 40.8 Å². The molecule has 0 saturated carbocycles. The lowest BCUT2D eigenvalue weighted by Crippen LogP contribution is -2.21. The Morgan fingerprint density at radius 1 is 1.28 bits per heavy atom. The summed E-state index contributed by atoms with van der Waals surface area (Å²) in [5.41, 5.74) is 3.45. The number of benzene rings is 1. The Labute approximate surface area is 153 Å². The summed E-state index contributed by atoms with van der Waals surface area (Å²) in [4.78, 5) is 23.3. The van der Waals surface area contributed by atoms with Crippen molar-refractivity contribution in [2.75, 3.05) is 5.32 Å². The van der Waals surface area contributed by atoms with Crippen LogP contribution >= 0.6 is 23.2 Å². The molecule has 8 heteroatoms. The quantitative estimate of drug-likeness (QED) is 0.637. The molecule has 1 aliphatic carbocycles. The maximum Gasteiger partial charge on any atom is 0.306 e. The van der Waals surface area contributed by atoms with Gasteiger partial charge >= 0.3 is 5.97 Å². The molecular weight excluding hydrogens is 363 g/mol. The molecule has 1 atom stereocenters. The Morgan fingerprint density at radius 3 is 2.88 bits per heavy atom. The van der Waals surface area contributed by atoms with E-state index in [1.165, 1.54) is 6.33 Å². The van der Waals surface area contributed by atoms with Crippen LogP contribution in [0.5, 0.6) is 0 Å². The van der Waals surface area contributed by atoms with Crippen molar-refractivity contribution in [2.45, 2.75) is 19.3 Å². The minimum atomic E-state index is -0.768. The normalized spacial score (nSPS) is 16.6. The highest BCUT2D eigenvalue weighted by Crippen LogP contribution is 2.35. The number of hydrogen-bond donors (Lipinski definition) is 3. The number of aromatic nitrogens is 3. The zero-order valence-electron chi connectivity index (χ0n) is 13.0. The first-order valence-corrected chi connectivity index (χ1v) is 8.58. The molecule has 1 aromatic carbocycles. The number of nitrogens with zero attached hydrogens (tertiary/aromatic N) is 2. The lowest BCUT2D eigenvalue weighted by atomic mass is 9.86. The predicted molar refractivity (Wildman–Crippen MR) is 96.8 cm³/mol. The molecule has 25 heavy (non-hydrogen) atoms. The zero-order valence-corrected chi connectivity index (χ0v) is 14.5. The second kappa shape index (κ2) is 6.20. The fourth-order valence-corrected chi connectivity index (χ4v) is 3.56. The van der Waals surface area contributed by atoms with Crippen LogP contribution in [0.2, 0.25) is 10.0 Å². The van der Waals surface area contributed by atoms with Gasteiger partial charge in [-0.3, -0.25) is 4.79 Å². The zero-order chi connectivity index (χ0) is 17.6. The van der Waals surface area contributed by atoms with Gasteiger partial charge < -0.3 is 15.4 Å². The first-order chi connectivity index (χ1) is 12.0. The van der Waals surface area contributed by atoms with Crippen LogP contribution in [0.1, 0.15) is 17.7 Å². The van der Waals surface area contributed by atoms with Gasteiger partial charge in [0.15, 0.2) is 0 Å². The smallest absolute Gasteiger partial charge is 0.306 e. The Hall–Kier alpha value is -2.31. The largest absolute Gasteiger partial charge is 0.481 e. The first-order valence-electron chi connectivity index (χ1n) is 7.82. The van der Waals surface area contributed by atoms with Crippen LogP contribution in [0, 0.1) is 5.92 Å². The second-order valence-electron chi connectivity index (χ2n) is 6.06. The molecule has 4 rings (SSSR count). The number of aliphatic carboxylic acids is 1. The van der Waals surface area contributed by atoms with E-state index in [1.807, 2.05) is 0 Å². The Balaban J connectivity index is 1.78. The third-order valence-electron chi connectivity index (χ3n) is 4.51. The van der Waals surface area contributed by atoms with Gasteiger partial charge in [0.2, 0.25) is 0 Å². The summed E-state index contributed by atoms with van der Waals surface area (Å²) in [6.07, 6.45) is 3.25. The van der Waals surface area contributed by atoms with E-state index < -0.39 is 5.97 Å². The number of aromatic amines is 1. The van der Waals surface area contributed by atoms with Gasteiger partial charge in [-0.1, -0.05) is 23.2 Å². The van der Waals surface area contributed by atoms with Gasteiger partial charge in [0.1, 0.15) is 17.8 Å². The van der Waals surface area contributed by atoms with E-state index in [2.05, 4.69) is 20.3 Å². The standard InChI is InChI=1S/C17H14Cl2N4O2/c18-11-3-2-9(6-12(11)19)22-15-14-10-5-8(17(24)25)1-4-13(10)23-16(14)21-7-20-15/h2-3,6-8H,1,4-5H2,(H,24,25)(H2,20,21,22,23). The van der Waals surface area contributed by atoms with E-state index in [9.17, 15) is 9.90 Å². The summed E-state index contributed by atoms with van der Waals surface area (Å²) < 4.78 is 0. The van der Waals surface area contributed by atoms with Crippen molar-refractivity contribution in [1.29, 1.82) is 0 Å². The number of fused-ring (bicyclic) bond motifs is 3. The number of carboxylic acid groups (broad SMARTS) is 1. The van der Waals surface area contributed by atoms with Crippen molar-refractivity contribution in [2.24, 2.45) is 5.92 Å². The highest BCUT2D eigenvalue weighted by Gasteiger charge is 2.28. The fraction of sp³-hybridized carbons (Fsp3) is 0.235. The molecular formula is C17H14Cl2N4O2. The average Bonchev–Trinajstić information content (AvgIpc) is 2.96. The summed E-state index contributed by atoms with van der Waals surface area (Å²) >= 11 is 12.0. The van der Waals surface area contributed by atoms with Crippen LogP contribution in [-0.2, 0) is 17.6 Å². The number of rotatable bonds is 3. The van der Waals surface area contributed by atoms with Crippen LogP contribution in [0.25, 0.3) is 11.0 Å². The molecule has 3 N–H and O–H groups in total. The number of carbonyl (C=O) groups is 1. The fourth-order valence-electron chi connectivity index (χ4n) is 3.26. The maximum absolute atomic E-state index is 11.4. The van der Waals surface area contributed by atoms with Crippen molar-refractivity contribution in [3.05, 3.63) is 45.8 Å². The Kier molecular flexibility index (Phi) is 4.01. The number of halogens is 2. The van der Waals surface area contributed by atoms with Crippen LogP contribution < -0.4 is 5.32 Å². The molecule has 1 aliphatic rings. The third kappa shape index (κ3) is 2.92.